The Kier molecular flexibility index (Phi) is 7.09. The van der Waals surface area contributed by atoms with Gasteiger partial charge in [-0.05, 0) is 48.5 Å². The second-order valence-electron chi connectivity index (χ2n) is 7.79. The van der Waals surface area contributed by atoms with Crippen LogP contribution in [0, 0.1) is 0 Å². The van der Waals surface area contributed by atoms with Crippen LogP contribution in [0.1, 0.15) is 60.0 Å². The topological polar surface area (TPSA) is 88.3 Å². The minimum Gasteiger partial charge on any atom is -0.467 e. The van der Waals surface area contributed by atoms with Crippen LogP contribution >= 0.6 is 11.5 Å². The van der Waals surface area contributed by atoms with Crippen LogP contribution in [0.4, 0.5) is 0 Å². The molecule has 31 heavy (non-hydrogen) atoms. The van der Waals surface area contributed by atoms with Crippen LogP contribution in [0.25, 0.3) is 0 Å². The number of carbonyl (C=O) groups is 2. The maximum Gasteiger partial charge on any atom is 0.276 e. The molecule has 1 aliphatic carbocycles. The summed E-state index contributed by atoms with van der Waals surface area (Å²) >= 11 is 1.11. The van der Waals surface area contributed by atoms with Crippen LogP contribution in [0.5, 0.6) is 0 Å². The van der Waals surface area contributed by atoms with Crippen molar-refractivity contribution in [1.29, 1.82) is 0 Å². The van der Waals surface area contributed by atoms with Gasteiger partial charge in [-0.15, -0.1) is 5.10 Å². The van der Waals surface area contributed by atoms with E-state index in [0.29, 0.717) is 18.7 Å². The van der Waals surface area contributed by atoms with Gasteiger partial charge in [0.25, 0.3) is 11.8 Å². The van der Waals surface area contributed by atoms with Crippen LogP contribution in [0.3, 0.4) is 0 Å². The molecule has 0 bridgehead atoms. The predicted molar refractivity (Wildman–Crippen MR) is 118 cm³/mol. The van der Waals surface area contributed by atoms with E-state index in [0.717, 1.165) is 42.8 Å². The molecule has 162 valence electrons. The van der Waals surface area contributed by atoms with Gasteiger partial charge in [-0.1, -0.05) is 54.1 Å². The van der Waals surface area contributed by atoms with E-state index in [1.165, 1.54) is 12.7 Å². The maximum absolute atomic E-state index is 13.4. The summed E-state index contributed by atoms with van der Waals surface area (Å²) in [6.07, 6.45) is 7.48. The maximum atomic E-state index is 13.4. The summed E-state index contributed by atoms with van der Waals surface area (Å²) in [6, 6.07) is 12.6. The lowest BCUT2D eigenvalue weighted by Gasteiger charge is -2.31. The number of nitrogens with one attached hydrogen (secondary N) is 1. The Morgan fingerprint density at radius 3 is 2.61 bits per heavy atom. The monoisotopic (exact) mass is 438 g/mol. The zero-order valence-electron chi connectivity index (χ0n) is 17.3. The van der Waals surface area contributed by atoms with Crippen molar-refractivity contribution in [3.05, 3.63) is 71.1 Å². The van der Waals surface area contributed by atoms with E-state index in [4.69, 9.17) is 4.42 Å². The molecule has 1 fully saturated rings. The SMILES string of the molecule is O=C(NC1CCCCC1)[C@H](c1ccco1)N(CCc1ccccc1)C(=O)c1csnn1. The van der Waals surface area contributed by atoms with Crippen molar-refractivity contribution >= 4 is 23.3 Å². The third-order valence-electron chi connectivity index (χ3n) is 5.65. The van der Waals surface area contributed by atoms with Crippen molar-refractivity contribution < 1.29 is 14.0 Å². The summed E-state index contributed by atoms with van der Waals surface area (Å²) in [6.45, 7) is 0.351. The van der Waals surface area contributed by atoms with Gasteiger partial charge in [0.2, 0.25) is 0 Å². The largest absolute Gasteiger partial charge is 0.467 e. The van der Waals surface area contributed by atoms with Crippen LogP contribution in [-0.2, 0) is 11.2 Å². The van der Waals surface area contributed by atoms with Crippen molar-refractivity contribution in [2.45, 2.75) is 50.6 Å². The third-order valence-corrected chi connectivity index (χ3v) is 6.15. The van der Waals surface area contributed by atoms with Gasteiger partial charge in [0.15, 0.2) is 11.7 Å². The van der Waals surface area contributed by atoms with Gasteiger partial charge in [0, 0.05) is 18.0 Å². The molecule has 0 radical (unpaired) electrons. The van der Waals surface area contributed by atoms with E-state index in [1.54, 1.807) is 22.4 Å². The number of benzene rings is 1. The average Bonchev–Trinajstić information content (AvgIpc) is 3.52. The van der Waals surface area contributed by atoms with Crippen molar-refractivity contribution in [2.24, 2.45) is 0 Å². The molecule has 7 nitrogen and oxygen atoms in total. The van der Waals surface area contributed by atoms with E-state index in [9.17, 15) is 9.59 Å². The highest BCUT2D eigenvalue weighted by atomic mass is 32.1. The molecule has 1 saturated carbocycles. The molecule has 0 spiro atoms. The Bertz CT molecular complexity index is 954. The summed E-state index contributed by atoms with van der Waals surface area (Å²) in [4.78, 5) is 28.4. The molecule has 0 unspecified atom stereocenters. The average molecular weight is 439 g/mol. The minimum absolute atomic E-state index is 0.130. The van der Waals surface area contributed by atoms with Crippen LogP contribution in [-0.4, -0.2) is 38.9 Å². The fraction of sp³-hybridized carbons (Fsp3) is 0.391. The highest BCUT2D eigenvalue weighted by Gasteiger charge is 2.35. The molecule has 3 aromatic rings. The molecule has 1 aromatic carbocycles. The number of carbonyl (C=O) groups excluding carboxylic acids is 2. The Balaban J connectivity index is 1.61. The van der Waals surface area contributed by atoms with E-state index >= 15 is 0 Å². The first-order valence-electron chi connectivity index (χ1n) is 10.7. The first kappa shape index (κ1) is 21.2. The van der Waals surface area contributed by atoms with Gasteiger partial charge in [0.1, 0.15) is 5.76 Å². The Labute approximate surface area is 185 Å². The van der Waals surface area contributed by atoms with Gasteiger partial charge in [0.05, 0.1) is 6.26 Å². The summed E-state index contributed by atoms with van der Waals surface area (Å²) in [5.41, 5.74) is 1.32. The predicted octanol–water partition coefficient (Wildman–Crippen LogP) is 4.01. The van der Waals surface area contributed by atoms with E-state index in [2.05, 4.69) is 14.9 Å². The standard InChI is InChI=1S/C23H26N4O3S/c28-22(24-18-10-5-2-6-11-18)21(20-12-7-15-30-20)27(23(29)19-16-31-26-25-19)14-13-17-8-3-1-4-9-17/h1,3-4,7-9,12,15-16,18,21H,2,5-6,10-11,13-14H2,(H,24,28)/t21-/m0/s1. The first-order valence-corrected chi connectivity index (χ1v) is 11.5. The van der Waals surface area contributed by atoms with Gasteiger partial charge in [-0.25, -0.2) is 0 Å². The number of aromatic nitrogens is 2. The molecule has 1 atom stereocenters. The number of hydrogen-bond acceptors (Lipinski definition) is 6. The Morgan fingerprint density at radius 2 is 1.94 bits per heavy atom. The van der Waals surface area contributed by atoms with E-state index in [-0.39, 0.29) is 23.6 Å². The fourth-order valence-corrected chi connectivity index (χ4v) is 4.48. The zero-order valence-corrected chi connectivity index (χ0v) is 18.1. The molecular formula is C23H26N4O3S. The number of amides is 2. The fourth-order valence-electron chi connectivity index (χ4n) is 4.05. The molecule has 8 heteroatoms. The van der Waals surface area contributed by atoms with Crippen molar-refractivity contribution in [2.75, 3.05) is 6.54 Å². The number of rotatable bonds is 8. The summed E-state index contributed by atoms with van der Waals surface area (Å²) in [5.74, 6) is -0.103. The lowest BCUT2D eigenvalue weighted by atomic mass is 9.95. The minimum atomic E-state index is -0.866. The molecule has 0 saturated heterocycles. The highest BCUT2D eigenvalue weighted by molar-refractivity contribution is 7.03. The molecule has 1 aliphatic rings. The van der Waals surface area contributed by atoms with Crippen molar-refractivity contribution in [1.82, 2.24) is 19.8 Å². The van der Waals surface area contributed by atoms with Crippen molar-refractivity contribution in [3.63, 3.8) is 0 Å². The second-order valence-corrected chi connectivity index (χ2v) is 8.40. The Morgan fingerprint density at radius 1 is 1.13 bits per heavy atom. The molecule has 2 heterocycles. The Hall–Kier alpha value is -3.00. The summed E-state index contributed by atoms with van der Waals surface area (Å²) in [7, 11) is 0. The van der Waals surface area contributed by atoms with Gasteiger partial charge >= 0.3 is 0 Å². The number of furan rings is 1. The first-order chi connectivity index (χ1) is 15.2. The number of nitrogens with zero attached hydrogens (tertiary/aromatic N) is 3. The van der Waals surface area contributed by atoms with E-state index in [1.807, 2.05) is 30.3 Å². The van der Waals surface area contributed by atoms with Crippen LogP contribution in [0.2, 0.25) is 0 Å². The van der Waals surface area contributed by atoms with Gasteiger partial charge in [-0.3, -0.25) is 9.59 Å². The molecule has 2 aromatic heterocycles. The normalized spacial score (nSPS) is 15.4. The highest BCUT2D eigenvalue weighted by Crippen LogP contribution is 2.26. The molecule has 4 rings (SSSR count). The third kappa shape index (κ3) is 5.38. The quantitative estimate of drug-likeness (QED) is 0.574. The van der Waals surface area contributed by atoms with Crippen LogP contribution < -0.4 is 5.32 Å². The summed E-state index contributed by atoms with van der Waals surface area (Å²) in [5, 5.41) is 8.71. The zero-order chi connectivity index (χ0) is 21.5. The smallest absolute Gasteiger partial charge is 0.276 e. The molecule has 1 N–H and O–H groups in total. The van der Waals surface area contributed by atoms with E-state index < -0.39 is 6.04 Å². The van der Waals surface area contributed by atoms with Crippen molar-refractivity contribution in [3.8, 4) is 0 Å². The number of hydrogen-bond donors (Lipinski definition) is 1. The lowest BCUT2D eigenvalue weighted by Crippen LogP contribution is -2.47. The lowest BCUT2D eigenvalue weighted by molar-refractivity contribution is -0.127. The summed E-state index contributed by atoms with van der Waals surface area (Å²) < 4.78 is 9.44. The van der Waals surface area contributed by atoms with Gasteiger partial charge in [-0.2, -0.15) is 0 Å². The second kappa shape index (κ2) is 10.3. The van der Waals surface area contributed by atoms with Gasteiger partial charge < -0.3 is 14.6 Å². The molecular weight excluding hydrogens is 412 g/mol. The molecule has 0 aliphatic heterocycles. The van der Waals surface area contributed by atoms with Crippen LogP contribution in [0.15, 0.2) is 58.5 Å². The molecule has 2 amide bonds.